The highest BCUT2D eigenvalue weighted by Gasteiger charge is 2.33. The van der Waals surface area contributed by atoms with Crippen molar-refractivity contribution in [3.63, 3.8) is 0 Å². The minimum absolute atomic E-state index is 0.0547. The van der Waals surface area contributed by atoms with Crippen molar-refractivity contribution in [2.75, 3.05) is 19.8 Å². The summed E-state index contributed by atoms with van der Waals surface area (Å²) in [6.07, 6.45) is 4.94. The smallest absolute Gasteiger partial charge is 0.139 e. The first-order valence-corrected chi connectivity index (χ1v) is 7.22. The van der Waals surface area contributed by atoms with Gasteiger partial charge in [-0.15, -0.1) is 0 Å². The summed E-state index contributed by atoms with van der Waals surface area (Å²) >= 11 is 0. The van der Waals surface area contributed by atoms with E-state index in [1.807, 2.05) is 19.3 Å². The minimum atomic E-state index is 0.0547. The number of imidazole rings is 1. The van der Waals surface area contributed by atoms with Gasteiger partial charge < -0.3 is 19.4 Å². The molecule has 1 aromatic heterocycles. The number of hydrogen-bond acceptors (Lipinski definition) is 4. The second kappa shape index (κ2) is 7.03. The molecule has 1 aromatic rings. The second-order valence-electron chi connectivity index (χ2n) is 4.99. The molecule has 0 aliphatic carbocycles. The van der Waals surface area contributed by atoms with Crippen molar-refractivity contribution < 1.29 is 9.47 Å². The standard InChI is InChI=1S/C14H25N3O2/c1-4-17-8-7-15-14(17)13-12(6-9-19-13)16-11(3)10-18-5-2/h7-8,11-13,16H,4-6,9-10H2,1-3H3/t11?,12-,13-/m0/s1. The van der Waals surface area contributed by atoms with Gasteiger partial charge in [0, 0.05) is 44.2 Å². The molecule has 1 aliphatic heterocycles. The zero-order valence-corrected chi connectivity index (χ0v) is 12.1. The summed E-state index contributed by atoms with van der Waals surface area (Å²) in [4.78, 5) is 4.46. The molecule has 1 saturated heterocycles. The van der Waals surface area contributed by atoms with E-state index in [4.69, 9.17) is 9.47 Å². The summed E-state index contributed by atoms with van der Waals surface area (Å²) < 4.78 is 13.5. The molecule has 5 nitrogen and oxygen atoms in total. The maximum Gasteiger partial charge on any atom is 0.139 e. The van der Waals surface area contributed by atoms with Crippen molar-refractivity contribution in [3.05, 3.63) is 18.2 Å². The fraction of sp³-hybridized carbons (Fsp3) is 0.786. The van der Waals surface area contributed by atoms with Crippen molar-refractivity contribution in [1.82, 2.24) is 14.9 Å². The van der Waals surface area contributed by atoms with E-state index in [9.17, 15) is 0 Å². The largest absolute Gasteiger partial charge is 0.380 e. The van der Waals surface area contributed by atoms with Gasteiger partial charge in [0.05, 0.1) is 6.61 Å². The van der Waals surface area contributed by atoms with Crippen LogP contribution in [0, 0.1) is 0 Å². The van der Waals surface area contributed by atoms with Crippen molar-refractivity contribution in [2.45, 2.75) is 51.9 Å². The molecule has 0 aromatic carbocycles. The Morgan fingerprint density at radius 1 is 1.58 bits per heavy atom. The lowest BCUT2D eigenvalue weighted by Crippen LogP contribution is -2.41. The van der Waals surface area contributed by atoms with Crippen LogP contribution in [0.1, 0.15) is 39.1 Å². The molecular weight excluding hydrogens is 242 g/mol. The lowest BCUT2D eigenvalue weighted by molar-refractivity contribution is 0.0782. The maximum atomic E-state index is 5.87. The Bertz CT molecular complexity index is 381. The van der Waals surface area contributed by atoms with Gasteiger partial charge in [0.1, 0.15) is 11.9 Å². The molecular formula is C14H25N3O2. The number of nitrogens with zero attached hydrogens (tertiary/aromatic N) is 2. The van der Waals surface area contributed by atoms with Crippen LogP contribution in [0.2, 0.25) is 0 Å². The molecule has 5 heteroatoms. The topological polar surface area (TPSA) is 48.3 Å². The monoisotopic (exact) mass is 267 g/mol. The molecule has 0 radical (unpaired) electrons. The van der Waals surface area contributed by atoms with E-state index in [0.717, 1.165) is 38.6 Å². The molecule has 19 heavy (non-hydrogen) atoms. The van der Waals surface area contributed by atoms with Crippen LogP contribution >= 0.6 is 0 Å². The number of aromatic nitrogens is 2. The molecule has 3 atom stereocenters. The molecule has 2 rings (SSSR count). The van der Waals surface area contributed by atoms with Gasteiger partial charge in [0.15, 0.2) is 0 Å². The first-order chi connectivity index (χ1) is 9.26. The molecule has 1 N–H and O–H groups in total. The molecule has 108 valence electrons. The van der Waals surface area contributed by atoms with Crippen LogP contribution in [0.3, 0.4) is 0 Å². The van der Waals surface area contributed by atoms with Gasteiger partial charge >= 0.3 is 0 Å². The van der Waals surface area contributed by atoms with Gasteiger partial charge in [0.25, 0.3) is 0 Å². The van der Waals surface area contributed by atoms with Gasteiger partial charge in [-0.05, 0) is 27.2 Å². The molecule has 0 bridgehead atoms. The summed E-state index contributed by atoms with van der Waals surface area (Å²) in [6.45, 7) is 9.51. The molecule has 2 heterocycles. The van der Waals surface area contributed by atoms with Crippen molar-refractivity contribution in [2.24, 2.45) is 0 Å². The Kier molecular flexibility index (Phi) is 5.36. The van der Waals surface area contributed by atoms with E-state index in [1.165, 1.54) is 0 Å². The fourth-order valence-electron chi connectivity index (χ4n) is 2.57. The zero-order chi connectivity index (χ0) is 13.7. The third kappa shape index (κ3) is 3.55. The maximum absolute atomic E-state index is 5.87. The number of aryl methyl sites for hydroxylation is 1. The van der Waals surface area contributed by atoms with Gasteiger partial charge in [-0.1, -0.05) is 0 Å². The first-order valence-electron chi connectivity index (χ1n) is 7.22. The number of hydrogen-bond donors (Lipinski definition) is 1. The summed E-state index contributed by atoms with van der Waals surface area (Å²) in [5.74, 6) is 1.03. The van der Waals surface area contributed by atoms with Crippen LogP contribution in [0.4, 0.5) is 0 Å². The van der Waals surface area contributed by atoms with E-state index >= 15 is 0 Å². The van der Waals surface area contributed by atoms with Crippen molar-refractivity contribution in [1.29, 1.82) is 0 Å². The van der Waals surface area contributed by atoms with E-state index in [-0.39, 0.29) is 6.10 Å². The Labute approximate surface area is 115 Å². The third-order valence-electron chi connectivity index (χ3n) is 3.51. The van der Waals surface area contributed by atoms with Crippen molar-refractivity contribution >= 4 is 0 Å². The highest BCUT2D eigenvalue weighted by Crippen LogP contribution is 2.28. The number of ether oxygens (including phenoxy) is 2. The Morgan fingerprint density at radius 2 is 2.42 bits per heavy atom. The lowest BCUT2D eigenvalue weighted by Gasteiger charge is -2.24. The van der Waals surface area contributed by atoms with Gasteiger partial charge in [-0.2, -0.15) is 0 Å². The second-order valence-corrected chi connectivity index (χ2v) is 4.99. The first kappa shape index (κ1) is 14.5. The zero-order valence-electron chi connectivity index (χ0n) is 12.1. The van der Waals surface area contributed by atoms with Crippen LogP contribution in [0.25, 0.3) is 0 Å². The fourth-order valence-corrected chi connectivity index (χ4v) is 2.57. The summed E-state index contributed by atoms with van der Waals surface area (Å²) in [5, 5.41) is 3.60. The highest BCUT2D eigenvalue weighted by atomic mass is 16.5. The van der Waals surface area contributed by atoms with Crippen LogP contribution in [-0.2, 0) is 16.0 Å². The summed E-state index contributed by atoms with van der Waals surface area (Å²) in [6, 6.07) is 0.655. The molecule has 0 spiro atoms. The quantitative estimate of drug-likeness (QED) is 0.817. The number of rotatable bonds is 7. The highest BCUT2D eigenvalue weighted by molar-refractivity contribution is 5.03. The predicted molar refractivity (Wildman–Crippen MR) is 74.1 cm³/mol. The van der Waals surface area contributed by atoms with Gasteiger partial charge in [-0.25, -0.2) is 4.98 Å². The Hall–Kier alpha value is -0.910. The molecule has 0 saturated carbocycles. The van der Waals surface area contributed by atoms with Crippen LogP contribution in [0.15, 0.2) is 12.4 Å². The van der Waals surface area contributed by atoms with Gasteiger partial charge in [0.2, 0.25) is 0 Å². The average molecular weight is 267 g/mol. The van der Waals surface area contributed by atoms with Crippen LogP contribution < -0.4 is 5.32 Å². The molecule has 0 amide bonds. The van der Waals surface area contributed by atoms with Crippen LogP contribution in [-0.4, -0.2) is 41.5 Å². The van der Waals surface area contributed by atoms with E-state index in [0.29, 0.717) is 12.1 Å². The van der Waals surface area contributed by atoms with E-state index < -0.39 is 0 Å². The molecule has 1 fully saturated rings. The SMILES string of the molecule is CCOCC(C)N[C@H]1CCO[C@@H]1c1nccn1CC. The van der Waals surface area contributed by atoms with Crippen LogP contribution in [0.5, 0.6) is 0 Å². The lowest BCUT2D eigenvalue weighted by atomic mass is 10.1. The Morgan fingerprint density at radius 3 is 3.16 bits per heavy atom. The van der Waals surface area contributed by atoms with E-state index in [1.54, 1.807) is 0 Å². The van der Waals surface area contributed by atoms with Crippen molar-refractivity contribution in [3.8, 4) is 0 Å². The average Bonchev–Trinajstić information content (AvgIpc) is 3.03. The summed E-state index contributed by atoms with van der Waals surface area (Å²) in [7, 11) is 0. The third-order valence-corrected chi connectivity index (χ3v) is 3.51. The molecule has 1 unspecified atom stereocenters. The molecule has 1 aliphatic rings. The minimum Gasteiger partial charge on any atom is -0.380 e. The van der Waals surface area contributed by atoms with Gasteiger partial charge in [-0.3, -0.25) is 0 Å². The normalized spacial score (nSPS) is 24.8. The Balaban J connectivity index is 1.97. The predicted octanol–water partition coefficient (Wildman–Crippen LogP) is 1.75. The summed E-state index contributed by atoms with van der Waals surface area (Å²) in [5.41, 5.74) is 0. The van der Waals surface area contributed by atoms with E-state index in [2.05, 4.69) is 28.7 Å². The number of nitrogens with one attached hydrogen (secondary N) is 1.